The molecule has 3 aromatic rings. The number of ether oxygens (including phenoxy) is 1. The summed E-state index contributed by atoms with van der Waals surface area (Å²) in [6.07, 6.45) is 0. The Morgan fingerprint density at radius 2 is 1.18 bits per heavy atom. The lowest BCUT2D eigenvalue weighted by Gasteiger charge is -2.06. The molecule has 3 rings (SSSR count). The Bertz CT molecular complexity index is 763. The van der Waals surface area contributed by atoms with Crippen LogP contribution in [0.25, 0.3) is 0 Å². The van der Waals surface area contributed by atoms with Crippen molar-refractivity contribution in [2.75, 3.05) is 0 Å². The third-order valence-corrected chi connectivity index (χ3v) is 3.92. The standard InChI is InChI=1S/C19H13IO2/c20-16-10-6-14(7-11-16)19(21)15-8-12-18(13-9-15)22-17-4-2-1-3-5-17/h1-13H. The minimum absolute atomic E-state index is 0.0164. The number of benzene rings is 3. The molecule has 0 amide bonds. The van der Waals surface area contributed by atoms with Gasteiger partial charge in [0.2, 0.25) is 0 Å². The van der Waals surface area contributed by atoms with Crippen molar-refractivity contribution >= 4 is 28.4 Å². The largest absolute Gasteiger partial charge is 0.457 e. The van der Waals surface area contributed by atoms with Crippen molar-refractivity contribution < 1.29 is 9.53 Å². The van der Waals surface area contributed by atoms with Crippen LogP contribution in [0.15, 0.2) is 78.9 Å². The molecule has 0 unspecified atom stereocenters. The number of para-hydroxylation sites is 1. The Morgan fingerprint density at radius 3 is 1.77 bits per heavy atom. The van der Waals surface area contributed by atoms with Crippen molar-refractivity contribution in [1.29, 1.82) is 0 Å². The Balaban J connectivity index is 1.76. The van der Waals surface area contributed by atoms with Crippen LogP contribution in [0.5, 0.6) is 11.5 Å². The number of carbonyl (C=O) groups excluding carboxylic acids is 1. The van der Waals surface area contributed by atoms with Crippen LogP contribution >= 0.6 is 22.6 Å². The van der Waals surface area contributed by atoms with Crippen LogP contribution < -0.4 is 4.74 Å². The highest BCUT2D eigenvalue weighted by molar-refractivity contribution is 14.1. The van der Waals surface area contributed by atoms with Gasteiger partial charge < -0.3 is 4.74 Å². The zero-order valence-electron chi connectivity index (χ0n) is 11.7. The van der Waals surface area contributed by atoms with E-state index in [-0.39, 0.29) is 5.78 Å². The lowest BCUT2D eigenvalue weighted by atomic mass is 10.0. The highest BCUT2D eigenvalue weighted by Gasteiger charge is 2.09. The molecular formula is C19H13IO2. The number of hydrogen-bond acceptors (Lipinski definition) is 2. The minimum atomic E-state index is 0.0164. The van der Waals surface area contributed by atoms with Crippen molar-refractivity contribution in [3.05, 3.63) is 93.6 Å². The summed E-state index contributed by atoms with van der Waals surface area (Å²) in [6, 6.07) is 24.3. The molecule has 0 atom stereocenters. The van der Waals surface area contributed by atoms with Crippen molar-refractivity contribution in [3.8, 4) is 11.5 Å². The highest BCUT2D eigenvalue weighted by Crippen LogP contribution is 2.22. The zero-order chi connectivity index (χ0) is 15.4. The predicted molar refractivity (Wildman–Crippen MR) is 95.5 cm³/mol. The summed E-state index contributed by atoms with van der Waals surface area (Å²) in [4.78, 5) is 12.4. The number of ketones is 1. The van der Waals surface area contributed by atoms with E-state index in [2.05, 4.69) is 22.6 Å². The maximum absolute atomic E-state index is 12.4. The first-order chi connectivity index (χ1) is 10.7. The summed E-state index contributed by atoms with van der Waals surface area (Å²) in [7, 11) is 0. The molecule has 3 aromatic carbocycles. The number of hydrogen-bond donors (Lipinski definition) is 0. The number of halogens is 1. The van der Waals surface area contributed by atoms with Gasteiger partial charge in [0.05, 0.1) is 0 Å². The quantitative estimate of drug-likeness (QED) is 0.438. The first kappa shape index (κ1) is 14.8. The summed E-state index contributed by atoms with van der Waals surface area (Å²) in [6.45, 7) is 0. The molecule has 0 N–H and O–H groups in total. The van der Waals surface area contributed by atoms with Gasteiger partial charge in [-0.25, -0.2) is 0 Å². The Labute approximate surface area is 142 Å². The molecule has 0 spiro atoms. The molecular weight excluding hydrogens is 387 g/mol. The summed E-state index contributed by atoms with van der Waals surface area (Å²) in [5.74, 6) is 1.51. The first-order valence-corrected chi connectivity index (χ1v) is 7.93. The number of carbonyl (C=O) groups is 1. The van der Waals surface area contributed by atoms with Crippen molar-refractivity contribution in [2.24, 2.45) is 0 Å². The molecule has 0 fully saturated rings. The Kier molecular flexibility index (Phi) is 4.53. The topological polar surface area (TPSA) is 26.3 Å². The van der Waals surface area contributed by atoms with Gasteiger partial charge >= 0.3 is 0 Å². The van der Waals surface area contributed by atoms with E-state index in [0.717, 1.165) is 9.32 Å². The second kappa shape index (κ2) is 6.75. The third-order valence-electron chi connectivity index (χ3n) is 3.20. The van der Waals surface area contributed by atoms with Gasteiger partial charge in [0.1, 0.15) is 11.5 Å². The maximum atomic E-state index is 12.4. The minimum Gasteiger partial charge on any atom is -0.457 e. The zero-order valence-corrected chi connectivity index (χ0v) is 13.9. The van der Waals surface area contributed by atoms with Crippen LogP contribution in [0, 0.1) is 3.57 Å². The Hall–Kier alpha value is -2.14. The van der Waals surface area contributed by atoms with Gasteiger partial charge in [-0.1, -0.05) is 18.2 Å². The van der Waals surface area contributed by atoms with E-state index in [1.165, 1.54) is 0 Å². The summed E-state index contributed by atoms with van der Waals surface area (Å²) in [5, 5.41) is 0. The van der Waals surface area contributed by atoms with Gasteiger partial charge in [-0.15, -0.1) is 0 Å². The molecule has 2 nitrogen and oxygen atoms in total. The smallest absolute Gasteiger partial charge is 0.193 e. The van der Waals surface area contributed by atoms with Crippen LogP contribution in [0.3, 0.4) is 0 Å². The van der Waals surface area contributed by atoms with E-state index in [4.69, 9.17) is 4.74 Å². The van der Waals surface area contributed by atoms with Crippen molar-refractivity contribution in [2.45, 2.75) is 0 Å². The molecule has 0 aromatic heterocycles. The van der Waals surface area contributed by atoms with Gasteiger partial charge in [-0.2, -0.15) is 0 Å². The summed E-state index contributed by atoms with van der Waals surface area (Å²) in [5.41, 5.74) is 1.35. The molecule has 22 heavy (non-hydrogen) atoms. The van der Waals surface area contributed by atoms with E-state index < -0.39 is 0 Å². The van der Waals surface area contributed by atoms with Crippen LogP contribution in [0.4, 0.5) is 0 Å². The van der Waals surface area contributed by atoms with Crippen molar-refractivity contribution in [1.82, 2.24) is 0 Å². The second-order valence-corrected chi connectivity index (χ2v) is 6.02. The molecule has 0 aliphatic carbocycles. The van der Waals surface area contributed by atoms with Crippen LogP contribution in [-0.2, 0) is 0 Å². The fraction of sp³-hybridized carbons (Fsp3) is 0. The number of rotatable bonds is 4. The van der Waals surface area contributed by atoms with Gasteiger partial charge in [0.15, 0.2) is 5.78 Å². The van der Waals surface area contributed by atoms with E-state index in [1.807, 2.05) is 66.7 Å². The molecule has 0 radical (unpaired) electrons. The second-order valence-electron chi connectivity index (χ2n) is 4.78. The van der Waals surface area contributed by atoms with E-state index in [0.29, 0.717) is 16.9 Å². The molecule has 0 aliphatic heterocycles. The van der Waals surface area contributed by atoms with Crippen molar-refractivity contribution in [3.63, 3.8) is 0 Å². The molecule has 0 bridgehead atoms. The van der Waals surface area contributed by atoms with E-state index in [1.54, 1.807) is 12.1 Å². The lowest BCUT2D eigenvalue weighted by Crippen LogP contribution is -2.00. The highest BCUT2D eigenvalue weighted by atomic mass is 127. The first-order valence-electron chi connectivity index (χ1n) is 6.85. The maximum Gasteiger partial charge on any atom is 0.193 e. The molecule has 0 heterocycles. The molecule has 0 saturated carbocycles. The van der Waals surface area contributed by atoms with Crippen LogP contribution in [0.1, 0.15) is 15.9 Å². The molecule has 3 heteroatoms. The summed E-state index contributed by atoms with van der Waals surface area (Å²) >= 11 is 2.22. The van der Waals surface area contributed by atoms with Gasteiger partial charge in [0, 0.05) is 14.7 Å². The molecule has 108 valence electrons. The predicted octanol–water partition coefficient (Wildman–Crippen LogP) is 5.31. The average molecular weight is 400 g/mol. The van der Waals surface area contributed by atoms with Gasteiger partial charge in [-0.05, 0) is 83.3 Å². The van der Waals surface area contributed by atoms with Gasteiger partial charge in [-0.3, -0.25) is 4.79 Å². The van der Waals surface area contributed by atoms with E-state index >= 15 is 0 Å². The third kappa shape index (κ3) is 3.54. The monoisotopic (exact) mass is 400 g/mol. The lowest BCUT2D eigenvalue weighted by molar-refractivity contribution is 0.103. The SMILES string of the molecule is O=C(c1ccc(I)cc1)c1ccc(Oc2ccccc2)cc1. The van der Waals surface area contributed by atoms with Gasteiger partial charge in [0.25, 0.3) is 0 Å². The van der Waals surface area contributed by atoms with Crippen LogP contribution in [0.2, 0.25) is 0 Å². The fourth-order valence-corrected chi connectivity index (χ4v) is 2.43. The summed E-state index contributed by atoms with van der Waals surface area (Å²) < 4.78 is 6.83. The van der Waals surface area contributed by atoms with Crippen LogP contribution in [-0.4, -0.2) is 5.78 Å². The Morgan fingerprint density at radius 1 is 0.682 bits per heavy atom. The normalized spacial score (nSPS) is 10.2. The van der Waals surface area contributed by atoms with E-state index in [9.17, 15) is 4.79 Å². The molecule has 0 saturated heterocycles. The fourth-order valence-electron chi connectivity index (χ4n) is 2.07. The average Bonchev–Trinajstić information content (AvgIpc) is 2.57. The molecule has 0 aliphatic rings.